The Morgan fingerprint density at radius 2 is 2.11 bits per heavy atom. The van der Waals surface area contributed by atoms with Crippen molar-refractivity contribution in [1.82, 2.24) is 25.2 Å². The molecular formula is C24H31ClF2N6O3. The molecule has 0 aliphatic carbocycles. The lowest BCUT2D eigenvalue weighted by Gasteiger charge is -2.31. The van der Waals surface area contributed by atoms with Crippen molar-refractivity contribution in [2.75, 3.05) is 37.7 Å². The first-order valence-corrected chi connectivity index (χ1v) is 12.7. The fraction of sp³-hybridized carbons (Fsp3) is 0.667. The van der Waals surface area contributed by atoms with Crippen molar-refractivity contribution < 1.29 is 23.0 Å². The molecule has 0 unspecified atom stereocenters. The molecule has 36 heavy (non-hydrogen) atoms. The van der Waals surface area contributed by atoms with Gasteiger partial charge >= 0.3 is 12.1 Å². The van der Waals surface area contributed by atoms with E-state index in [0.29, 0.717) is 43.7 Å². The normalized spacial score (nSPS) is 26.4. The molecule has 3 atom stereocenters. The molecule has 3 aliphatic rings. The van der Waals surface area contributed by atoms with Crippen molar-refractivity contribution in [1.29, 1.82) is 0 Å². The Labute approximate surface area is 213 Å². The third-order valence-electron chi connectivity index (χ3n) is 7.04. The largest absolute Gasteiger partial charge is 0.461 e. The molecule has 9 nitrogen and oxygen atoms in total. The number of nitrogens with one attached hydrogen (secondary N) is 1. The predicted molar refractivity (Wildman–Crippen MR) is 131 cm³/mol. The highest BCUT2D eigenvalue weighted by Crippen LogP contribution is 2.40. The van der Waals surface area contributed by atoms with Crippen molar-refractivity contribution in [3.05, 3.63) is 17.2 Å². The van der Waals surface area contributed by atoms with Gasteiger partial charge in [0.25, 0.3) is 0 Å². The van der Waals surface area contributed by atoms with Crippen LogP contribution < -0.4 is 15.0 Å². The summed E-state index contributed by atoms with van der Waals surface area (Å²) in [6.07, 6.45) is 2.94. The van der Waals surface area contributed by atoms with E-state index in [1.165, 1.54) is 6.20 Å². The van der Waals surface area contributed by atoms with Gasteiger partial charge in [-0.05, 0) is 46.6 Å². The number of fused-ring (bicyclic) bond motifs is 2. The summed E-state index contributed by atoms with van der Waals surface area (Å²) in [4.78, 5) is 29.1. The summed E-state index contributed by atoms with van der Waals surface area (Å²) in [6, 6.07) is -0.170. The van der Waals surface area contributed by atoms with Crippen LogP contribution in [0.15, 0.2) is 6.20 Å². The quantitative estimate of drug-likeness (QED) is 0.589. The van der Waals surface area contributed by atoms with Gasteiger partial charge in [0.15, 0.2) is 11.0 Å². The second-order valence-electron chi connectivity index (χ2n) is 10.9. The first kappa shape index (κ1) is 25.1. The molecule has 2 aromatic rings. The summed E-state index contributed by atoms with van der Waals surface area (Å²) in [5.74, 6) is -0.308. The maximum Gasteiger partial charge on any atom is 0.407 e. The van der Waals surface area contributed by atoms with E-state index in [-0.39, 0.29) is 34.9 Å². The number of amides is 1. The Bertz CT molecular complexity index is 1160. The molecule has 0 saturated carbocycles. The number of ether oxygens (including phenoxy) is 2. The van der Waals surface area contributed by atoms with Crippen LogP contribution in [0.2, 0.25) is 5.15 Å². The van der Waals surface area contributed by atoms with Gasteiger partial charge in [-0.1, -0.05) is 11.6 Å². The van der Waals surface area contributed by atoms with E-state index in [2.05, 4.69) is 25.2 Å². The second kappa shape index (κ2) is 9.41. The fourth-order valence-corrected chi connectivity index (χ4v) is 5.64. The van der Waals surface area contributed by atoms with Crippen LogP contribution in [-0.2, 0) is 4.74 Å². The molecule has 196 valence electrons. The number of hydrogen-bond acceptors (Lipinski definition) is 8. The van der Waals surface area contributed by atoms with Crippen LogP contribution in [0, 0.1) is 5.82 Å². The highest BCUT2D eigenvalue weighted by Gasteiger charge is 2.49. The summed E-state index contributed by atoms with van der Waals surface area (Å²) < 4.78 is 40.5. The highest BCUT2D eigenvalue weighted by molar-refractivity contribution is 6.30. The van der Waals surface area contributed by atoms with E-state index in [0.717, 1.165) is 19.4 Å². The van der Waals surface area contributed by atoms with Crippen molar-refractivity contribution in [3.8, 4) is 6.01 Å². The molecule has 5 rings (SSSR count). The van der Waals surface area contributed by atoms with Crippen LogP contribution in [-0.4, -0.2) is 82.1 Å². The van der Waals surface area contributed by atoms with Crippen LogP contribution >= 0.6 is 11.6 Å². The molecule has 5 heterocycles. The van der Waals surface area contributed by atoms with Gasteiger partial charge in [0.2, 0.25) is 0 Å². The fourth-order valence-electron chi connectivity index (χ4n) is 5.50. The van der Waals surface area contributed by atoms with Gasteiger partial charge in [0, 0.05) is 32.3 Å². The molecule has 0 spiro atoms. The van der Waals surface area contributed by atoms with E-state index in [1.807, 2.05) is 4.90 Å². The molecular weight excluding hydrogens is 494 g/mol. The van der Waals surface area contributed by atoms with Crippen molar-refractivity contribution in [2.24, 2.45) is 0 Å². The van der Waals surface area contributed by atoms with Gasteiger partial charge in [-0.15, -0.1) is 0 Å². The minimum atomic E-state index is -0.886. The van der Waals surface area contributed by atoms with E-state index in [4.69, 9.17) is 21.1 Å². The van der Waals surface area contributed by atoms with Crippen LogP contribution in [0.4, 0.5) is 19.4 Å². The van der Waals surface area contributed by atoms with E-state index >= 15 is 0 Å². The third-order valence-corrected chi connectivity index (χ3v) is 7.30. The molecule has 0 bridgehead atoms. The maximum atomic E-state index is 15.0. The number of anilines is 1. The summed E-state index contributed by atoms with van der Waals surface area (Å²) in [7, 11) is 0. The van der Waals surface area contributed by atoms with Crippen LogP contribution in [0.25, 0.3) is 10.9 Å². The maximum absolute atomic E-state index is 15.0. The van der Waals surface area contributed by atoms with Crippen LogP contribution in [0.3, 0.4) is 0 Å². The Morgan fingerprint density at radius 3 is 2.89 bits per heavy atom. The number of alkyl halides is 1. The predicted octanol–water partition coefficient (Wildman–Crippen LogP) is 3.88. The Balaban J connectivity index is 1.38. The summed E-state index contributed by atoms with van der Waals surface area (Å²) >= 11 is 5.94. The zero-order valence-electron chi connectivity index (χ0n) is 20.7. The number of aromatic nitrogens is 3. The number of carbonyl (C=O) groups excluding carboxylic acids is 1. The first-order chi connectivity index (χ1) is 17.0. The summed E-state index contributed by atoms with van der Waals surface area (Å²) in [5.41, 5.74) is -0.979. The topological polar surface area (TPSA) is 92.7 Å². The average Bonchev–Trinajstić information content (AvgIpc) is 3.47. The highest BCUT2D eigenvalue weighted by atomic mass is 35.5. The second-order valence-corrected chi connectivity index (χ2v) is 11.3. The van der Waals surface area contributed by atoms with Gasteiger partial charge < -0.3 is 19.7 Å². The Hall–Kier alpha value is -2.53. The lowest BCUT2D eigenvalue weighted by atomic mass is 9.95. The number of halogens is 3. The smallest absolute Gasteiger partial charge is 0.407 e. The summed E-state index contributed by atoms with van der Waals surface area (Å²) in [6.45, 7) is 7.89. The third kappa shape index (κ3) is 5.00. The summed E-state index contributed by atoms with van der Waals surface area (Å²) in [5, 5.41) is 2.98. The molecule has 3 saturated heterocycles. The van der Waals surface area contributed by atoms with E-state index in [1.54, 1.807) is 20.8 Å². The molecule has 2 aromatic heterocycles. The lowest BCUT2D eigenvalue weighted by Crippen LogP contribution is -2.43. The molecule has 1 amide bonds. The van der Waals surface area contributed by atoms with Crippen molar-refractivity contribution in [2.45, 2.75) is 69.8 Å². The number of pyridine rings is 1. The van der Waals surface area contributed by atoms with Crippen molar-refractivity contribution in [3.63, 3.8) is 0 Å². The monoisotopic (exact) mass is 524 g/mol. The molecule has 0 radical (unpaired) electrons. The molecule has 1 N–H and O–H groups in total. The SMILES string of the molecule is CC(C)(C)OC(=O)N[C@H]1CCN(c2nc(OC[C@@]34CCCN3C[C@H](F)C4)nc3c(F)c(Cl)ncc23)C1. The Morgan fingerprint density at radius 1 is 1.31 bits per heavy atom. The standard InChI is InChI=1S/C24H31ClF2N6O3/c1-23(2,3)36-22(34)29-15-5-8-32(12-15)20-16-10-28-19(25)17(27)18(16)30-21(31-20)35-13-24-6-4-7-33(24)11-14(26)9-24/h10,14-15H,4-9,11-13H2,1-3H3,(H,29,34)/t14-,15+,24+/m1/s1. The minimum absolute atomic E-state index is 0.00533. The van der Waals surface area contributed by atoms with Gasteiger partial charge in [-0.25, -0.2) is 18.6 Å². The van der Waals surface area contributed by atoms with Crippen LogP contribution in [0.1, 0.15) is 46.5 Å². The van der Waals surface area contributed by atoms with E-state index < -0.39 is 23.7 Å². The number of rotatable bonds is 5. The molecule has 3 fully saturated rings. The zero-order chi connectivity index (χ0) is 25.7. The van der Waals surface area contributed by atoms with Crippen LogP contribution in [0.5, 0.6) is 6.01 Å². The number of hydrogen-bond donors (Lipinski definition) is 1. The average molecular weight is 525 g/mol. The van der Waals surface area contributed by atoms with E-state index in [9.17, 15) is 13.6 Å². The number of carbonyl (C=O) groups is 1. The minimum Gasteiger partial charge on any atom is -0.461 e. The lowest BCUT2D eigenvalue weighted by molar-refractivity contribution is 0.0509. The zero-order valence-corrected chi connectivity index (χ0v) is 21.4. The van der Waals surface area contributed by atoms with Gasteiger partial charge in [-0.3, -0.25) is 4.90 Å². The van der Waals surface area contributed by atoms with Gasteiger partial charge in [0.1, 0.15) is 29.7 Å². The molecule has 0 aromatic carbocycles. The van der Waals surface area contributed by atoms with Crippen molar-refractivity contribution >= 4 is 34.4 Å². The van der Waals surface area contributed by atoms with Gasteiger partial charge in [-0.2, -0.15) is 9.97 Å². The number of alkyl carbamates (subject to hydrolysis) is 1. The Kier molecular flexibility index (Phi) is 6.57. The molecule has 12 heteroatoms. The molecule has 3 aliphatic heterocycles. The number of nitrogens with zero attached hydrogens (tertiary/aromatic N) is 5. The van der Waals surface area contributed by atoms with Gasteiger partial charge in [0.05, 0.1) is 17.0 Å². The first-order valence-electron chi connectivity index (χ1n) is 12.3.